The Morgan fingerprint density at radius 2 is 2.00 bits per heavy atom. The fourth-order valence-corrected chi connectivity index (χ4v) is 3.85. The minimum atomic E-state index is -0.0635. The maximum Gasteiger partial charge on any atom is 0.248 e. The second kappa shape index (κ2) is 7.75. The van der Waals surface area contributed by atoms with E-state index >= 15 is 0 Å². The molecular weight excluding hydrogens is 316 g/mol. The highest BCUT2D eigenvalue weighted by Gasteiger charge is 2.44. The van der Waals surface area contributed by atoms with Crippen molar-refractivity contribution in [2.75, 3.05) is 44.9 Å². The molecule has 1 spiro atoms. The Hall–Kier alpha value is -1.59. The molecule has 1 aromatic carbocycles. The predicted octanol–water partition coefficient (Wildman–Crippen LogP) is 2.62. The first kappa shape index (κ1) is 18.2. The van der Waals surface area contributed by atoms with Gasteiger partial charge in [0.15, 0.2) is 0 Å². The van der Waals surface area contributed by atoms with Crippen LogP contribution in [0.4, 0.5) is 5.69 Å². The van der Waals surface area contributed by atoms with Crippen molar-refractivity contribution < 1.29 is 14.3 Å². The smallest absolute Gasteiger partial charge is 0.248 e. The number of hydrogen-bond acceptors (Lipinski definition) is 4. The lowest BCUT2D eigenvalue weighted by molar-refractivity contribution is -0.140. The maximum absolute atomic E-state index is 12.1. The molecule has 1 amide bonds. The Bertz CT molecular complexity index is 579. The largest absolute Gasteiger partial charge is 0.373 e. The van der Waals surface area contributed by atoms with Crippen LogP contribution in [0.15, 0.2) is 24.3 Å². The Morgan fingerprint density at radius 3 is 2.64 bits per heavy atom. The van der Waals surface area contributed by atoms with Crippen molar-refractivity contribution in [3.05, 3.63) is 29.8 Å². The van der Waals surface area contributed by atoms with Gasteiger partial charge in [0.2, 0.25) is 5.91 Å². The molecule has 2 fully saturated rings. The summed E-state index contributed by atoms with van der Waals surface area (Å²) in [5.74, 6) is 0.100. The molecule has 2 heterocycles. The van der Waals surface area contributed by atoms with Crippen LogP contribution < -0.4 is 4.90 Å². The molecule has 25 heavy (non-hydrogen) atoms. The predicted molar refractivity (Wildman–Crippen MR) is 99.0 cm³/mol. The summed E-state index contributed by atoms with van der Waals surface area (Å²) in [5, 5.41) is 0. The van der Waals surface area contributed by atoms with Gasteiger partial charge in [-0.25, -0.2) is 0 Å². The van der Waals surface area contributed by atoms with Crippen molar-refractivity contribution >= 4 is 11.6 Å². The molecule has 1 unspecified atom stereocenters. The number of likely N-dealkylation sites (N-methyl/N-ethyl adjacent to an activating group) is 1. The monoisotopic (exact) mass is 346 g/mol. The van der Waals surface area contributed by atoms with Gasteiger partial charge in [-0.3, -0.25) is 4.79 Å². The number of carbonyl (C=O) groups excluding carboxylic acids is 1. The van der Waals surface area contributed by atoms with Crippen LogP contribution in [0, 0.1) is 6.92 Å². The Balaban J connectivity index is 1.54. The first-order valence-electron chi connectivity index (χ1n) is 9.32. The fraction of sp³-hybridized carbons (Fsp3) is 0.650. The van der Waals surface area contributed by atoms with Gasteiger partial charge < -0.3 is 19.3 Å². The molecule has 1 atom stereocenters. The highest BCUT2D eigenvalue weighted by Crippen LogP contribution is 2.38. The van der Waals surface area contributed by atoms with Gasteiger partial charge in [-0.1, -0.05) is 17.7 Å². The van der Waals surface area contributed by atoms with Gasteiger partial charge in [0, 0.05) is 32.4 Å². The van der Waals surface area contributed by atoms with Gasteiger partial charge in [-0.2, -0.15) is 0 Å². The van der Waals surface area contributed by atoms with E-state index in [9.17, 15) is 4.79 Å². The molecule has 0 bridgehead atoms. The summed E-state index contributed by atoms with van der Waals surface area (Å²) in [5.41, 5.74) is 2.45. The first-order chi connectivity index (χ1) is 12.0. The number of ether oxygens (including phenoxy) is 2. The van der Waals surface area contributed by atoms with E-state index in [0.717, 1.165) is 39.0 Å². The molecule has 3 rings (SSSR count). The van der Waals surface area contributed by atoms with Gasteiger partial charge in [0.05, 0.1) is 18.2 Å². The molecule has 0 saturated carbocycles. The number of piperidine rings is 1. The van der Waals surface area contributed by atoms with Crippen LogP contribution in [-0.4, -0.2) is 62.4 Å². The summed E-state index contributed by atoms with van der Waals surface area (Å²) in [6, 6.07) is 9.05. The van der Waals surface area contributed by atoms with Crippen LogP contribution in [0.3, 0.4) is 0 Å². The van der Waals surface area contributed by atoms with Gasteiger partial charge in [0.25, 0.3) is 0 Å². The SMILES string of the molecule is CCOCC(=O)N1CCC2(CC1)CC(N(C)c1ccc(C)cc1)CO2. The topological polar surface area (TPSA) is 42.0 Å². The molecule has 5 nitrogen and oxygen atoms in total. The van der Waals surface area contributed by atoms with E-state index in [1.54, 1.807) is 0 Å². The Kier molecular flexibility index (Phi) is 5.64. The lowest BCUT2D eigenvalue weighted by Gasteiger charge is -2.39. The minimum absolute atomic E-state index is 0.0635. The quantitative estimate of drug-likeness (QED) is 0.822. The third-order valence-electron chi connectivity index (χ3n) is 5.64. The molecule has 5 heteroatoms. The zero-order valence-electron chi connectivity index (χ0n) is 15.7. The number of carbonyl (C=O) groups is 1. The van der Waals surface area contributed by atoms with Crippen molar-refractivity contribution in [3.8, 4) is 0 Å². The zero-order valence-corrected chi connectivity index (χ0v) is 15.7. The molecule has 0 N–H and O–H groups in total. The van der Waals surface area contributed by atoms with Gasteiger partial charge in [0.1, 0.15) is 6.61 Å². The number of anilines is 1. The molecule has 0 radical (unpaired) electrons. The summed E-state index contributed by atoms with van der Waals surface area (Å²) in [4.78, 5) is 16.3. The minimum Gasteiger partial charge on any atom is -0.373 e. The lowest BCUT2D eigenvalue weighted by atomic mass is 9.87. The molecular formula is C20H30N2O3. The maximum atomic E-state index is 12.1. The summed E-state index contributed by atoms with van der Waals surface area (Å²) in [6.45, 7) is 7.10. The Labute approximate surface area is 150 Å². The van der Waals surface area contributed by atoms with Gasteiger partial charge in [-0.15, -0.1) is 0 Å². The molecule has 138 valence electrons. The normalized spacial score (nSPS) is 22.4. The standard InChI is InChI=1S/C20H30N2O3/c1-4-24-15-19(23)22-11-9-20(10-12-22)13-18(14-25-20)21(3)17-7-5-16(2)6-8-17/h5-8,18H,4,9-15H2,1-3H3. The van der Waals surface area contributed by atoms with Crippen molar-refractivity contribution in [1.82, 2.24) is 4.90 Å². The van der Waals surface area contributed by atoms with E-state index in [0.29, 0.717) is 12.6 Å². The average Bonchev–Trinajstić information content (AvgIpc) is 3.04. The van der Waals surface area contributed by atoms with E-state index in [2.05, 4.69) is 43.1 Å². The van der Waals surface area contributed by atoms with Crippen LogP contribution in [-0.2, 0) is 14.3 Å². The second-order valence-corrected chi connectivity index (χ2v) is 7.32. The molecule has 1 aromatic rings. The summed E-state index contributed by atoms with van der Waals surface area (Å²) in [6.07, 6.45) is 2.87. The van der Waals surface area contributed by atoms with Crippen LogP contribution in [0.5, 0.6) is 0 Å². The number of aryl methyl sites for hydroxylation is 1. The highest BCUT2D eigenvalue weighted by molar-refractivity contribution is 5.77. The van der Waals surface area contributed by atoms with E-state index in [4.69, 9.17) is 9.47 Å². The van der Waals surface area contributed by atoms with Crippen LogP contribution in [0.2, 0.25) is 0 Å². The van der Waals surface area contributed by atoms with Gasteiger partial charge >= 0.3 is 0 Å². The molecule has 0 aromatic heterocycles. The van der Waals surface area contributed by atoms with Crippen LogP contribution in [0.25, 0.3) is 0 Å². The van der Waals surface area contributed by atoms with Crippen molar-refractivity contribution in [1.29, 1.82) is 0 Å². The Morgan fingerprint density at radius 1 is 1.32 bits per heavy atom. The third kappa shape index (κ3) is 4.15. The van der Waals surface area contributed by atoms with Crippen LogP contribution >= 0.6 is 0 Å². The van der Waals surface area contributed by atoms with Crippen LogP contribution in [0.1, 0.15) is 31.7 Å². The van der Waals surface area contributed by atoms with Crippen molar-refractivity contribution in [3.63, 3.8) is 0 Å². The molecule has 2 aliphatic heterocycles. The summed E-state index contributed by atoms with van der Waals surface area (Å²) < 4.78 is 11.5. The number of amides is 1. The first-order valence-corrected chi connectivity index (χ1v) is 9.32. The summed E-state index contributed by atoms with van der Waals surface area (Å²) >= 11 is 0. The second-order valence-electron chi connectivity index (χ2n) is 7.32. The fourth-order valence-electron chi connectivity index (χ4n) is 3.85. The zero-order chi connectivity index (χ0) is 17.9. The number of hydrogen-bond donors (Lipinski definition) is 0. The molecule has 2 aliphatic rings. The number of rotatable bonds is 5. The average molecular weight is 346 g/mol. The third-order valence-corrected chi connectivity index (χ3v) is 5.64. The summed E-state index contributed by atoms with van der Waals surface area (Å²) in [7, 11) is 2.15. The van der Waals surface area contributed by atoms with E-state index in [1.807, 2.05) is 11.8 Å². The highest BCUT2D eigenvalue weighted by atomic mass is 16.5. The van der Waals surface area contributed by atoms with E-state index in [1.165, 1.54) is 11.3 Å². The number of nitrogens with zero attached hydrogens (tertiary/aromatic N) is 2. The lowest BCUT2D eigenvalue weighted by Crippen LogP contribution is -2.48. The van der Waals surface area contributed by atoms with Crippen molar-refractivity contribution in [2.45, 2.75) is 44.8 Å². The van der Waals surface area contributed by atoms with Gasteiger partial charge in [-0.05, 0) is 45.2 Å². The number of benzene rings is 1. The number of likely N-dealkylation sites (tertiary alicyclic amines) is 1. The van der Waals surface area contributed by atoms with Crippen molar-refractivity contribution in [2.24, 2.45) is 0 Å². The van der Waals surface area contributed by atoms with E-state index in [-0.39, 0.29) is 18.1 Å². The van der Waals surface area contributed by atoms with E-state index < -0.39 is 0 Å². The molecule has 2 saturated heterocycles. The molecule has 0 aliphatic carbocycles.